The zero-order chi connectivity index (χ0) is 14.3. The quantitative estimate of drug-likeness (QED) is 0.680. The molecule has 1 N–H and O–H groups in total. The molecule has 0 atom stereocenters. The van der Waals surface area contributed by atoms with E-state index in [4.69, 9.17) is 9.31 Å². The van der Waals surface area contributed by atoms with E-state index >= 15 is 0 Å². The highest BCUT2D eigenvalue weighted by atomic mass is 32.2. The van der Waals surface area contributed by atoms with Crippen LogP contribution in [0, 0.1) is 0 Å². The summed E-state index contributed by atoms with van der Waals surface area (Å²) in [6.07, 6.45) is 2.00. The Morgan fingerprint density at radius 1 is 1.16 bits per heavy atom. The molecule has 1 aromatic carbocycles. The first-order valence-electron chi connectivity index (χ1n) is 6.44. The summed E-state index contributed by atoms with van der Waals surface area (Å²) >= 11 is 1.62. The van der Waals surface area contributed by atoms with Gasteiger partial charge in [-0.2, -0.15) is 0 Å². The second-order valence-corrected chi connectivity index (χ2v) is 6.67. The third-order valence-electron chi connectivity index (χ3n) is 4.01. The summed E-state index contributed by atoms with van der Waals surface area (Å²) in [6.45, 7) is 8.24. The molecular formula is C14H21BO3S. The van der Waals surface area contributed by atoms with Crippen LogP contribution in [0.4, 0.5) is 0 Å². The van der Waals surface area contributed by atoms with Crippen LogP contribution in [0.15, 0.2) is 23.1 Å². The molecule has 1 heterocycles. The van der Waals surface area contributed by atoms with Crippen molar-refractivity contribution in [2.24, 2.45) is 0 Å². The summed E-state index contributed by atoms with van der Waals surface area (Å²) in [4.78, 5) is 1.06. The van der Waals surface area contributed by atoms with Crippen LogP contribution in [0.2, 0.25) is 0 Å². The van der Waals surface area contributed by atoms with Crippen LogP contribution >= 0.6 is 11.8 Å². The van der Waals surface area contributed by atoms with Crippen molar-refractivity contribution in [2.75, 3.05) is 6.26 Å². The van der Waals surface area contributed by atoms with E-state index in [-0.39, 0.29) is 24.9 Å². The van der Waals surface area contributed by atoms with Crippen LogP contribution in [0.5, 0.6) is 0 Å². The van der Waals surface area contributed by atoms with Gasteiger partial charge in [-0.15, -0.1) is 11.8 Å². The predicted molar refractivity (Wildman–Crippen MR) is 79.9 cm³/mol. The molecule has 0 bridgehead atoms. The molecule has 5 heteroatoms. The summed E-state index contributed by atoms with van der Waals surface area (Å²) in [6, 6.07) is 5.94. The Bertz CT molecular complexity index is 458. The molecule has 19 heavy (non-hydrogen) atoms. The number of aliphatic hydroxyl groups is 1. The Hall–Kier alpha value is -0.485. The topological polar surface area (TPSA) is 38.7 Å². The fraction of sp³-hybridized carbons (Fsp3) is 0.571. The molecule has 0 aliphatic carbocycles. The van der Waals surface area contributed by atoms with E-state index in [2.05, 4.69) is 0 Å². The maximum absolute atomic E-state index is 9.30. The van der Waals surface area contributed by atoms with Crippen molar-refractivity contribution in [2.45, 2.75) is 50.4 Å². The lowest BCUT2D eigenvalue weighted by molar-refractivity contribution is 0.00578. The zero-order valence-corrected chi connectivity index (χ0v) is 13.0. The Morgan fingerprint density at radius 3 is 2.21 bits per heavy atom. The first-order valence-corrected chi connectivity index (χ1v) is 7.66. The molecule has 0 radical (unpaired) electrons. The molecule has 1 fully saturated rings. The van der Waals surface area contributed by atoms with E-state index < -0.39 is 0 Å². The third-order valence-corrected chi connectivity index (χ3v) is 4.83. The van der Waals surface area contributed by atoms with Gasteiger partial charge in [0.2, 0.25) is 0 Å². The van der Waals surface area contributed by atoms with Crippen molar-refractivity contribution in [3.63, 3.8) is 0 Å². The highest BCUT2D eigenvalue weighted by Crippen LogP contribution is 2.36. The Morgan fingerprint density at radius 2 is 1.74 bits per heavy atom. The molecular weight excluding hydrogens is 259 g/mol. The lowest BCUT2D eigenvalue weighted by Gasteiger charge is -2.32. The summed E-state index contributed by atoms with van der Waals surface area (Å²) in [5.74, 6) is 0. The molecule has 0 aromatic heterocycles. The van der Waals surface area contributed by atoms with E-state index in [1.807, 2.05) is 52.1 Å². The first-order chi connectivity index (χ1) is 8.80. The largest absolute Gasteiger partial charge is 0.494 e. The second kappa shape index (κ2) is 5.13. The van der Waals surface area contributed by atoms with Gasteiger partial charge in [0.25, 0.3) is 0 Å². The molecule has 1 aromatic rings. The molecule has 104 valence electrons. The van der Waals surface area contributed by atoms with Crippen LogP contribution in [0.1, 0.15) is 33.3 Å². The Balaban J connectivity index is 2.30. The van der Waals surface area contributed by atoms with E-state index in [0.29, 0.717) is 0 Å². The Labute approximate surface area is 119 Å². The molecule has 0 unspecified atom stereocenters. The molecule has 1 aliphatic heterocycles. The normalized spacial score (nSPS) is 20.8. The van der Waals surface area contributed by atoms with Crippen molar-refractivity contribution < 1.29 is 14.4 Å². The second-order valence-electron chi connectivity index (χ2n) is 5.82. The average molecular weight is 280 g/mol. The van der Waals surface area contributed by atoms with Gasteiger partial charge in [-0.25, -0.2) is 0 Å². The van der Waals surface area contributed by atoms with Crippen molar-refractivity contribution in [3.05, 3.63) is 23.8 Å². The van der Waals surface area contributed by atoms with Crippen LogP contribution in [-0.4, -0.2) is 29.7 Å². The van der Waals surface area contributed by atoms with Gasteiger partial charge < -0.3 is 14.4 Å². The minimum atomic E-state index is -0.344. The van der Waals surface area contributed by atoms with E-state index in [1.165, 1.54) is 0 Å². The minimum Gasteiger partial charge on any atom is -0.399 e. The fourth-order valence-electron chi connectivity index (χ4n) is 2.02. The number of rotatable bonds is 3. The number of hydrogen-bond acceptors (Lipinski definition) is 4. The molecule has 1 aliphatic rings. The minimum absolute atomic E-state index is 0.0554. The van der Waals surface area contributed by atoms with E-state index in [9.17, 15) is 5.11 Å². The maximum atomic E-state index is 9.30. The zero-order valence-electron chi connectivity index (χ0n) is 12.2. The number of thioether (sulfide) groups is 1. The standard InChI is InChI=1S/C14H21BO3S/c1-13(2)14(3,4)18-15(17-13)11-7-6-10(9-16)12(8-11)19-5/h6-8,16H,9H2,1-5H3. The summed E-state index contributed by atoms with van der Waals surface area (Å²) < 4.78 is 12.1. The number of hydrogen-bond donors (Lipinski definition) is 1. The van der Waals surface area contributed by atoms with Gasteiger partial charge in [0, 0.05) is 4.90 Å². The van der Waals surface area contributed by atoms with Gasteiger partial charge >= 0.3 is 7.12 Å². The molecule has 1 saturated heterocycles. The van der Waals surface area contributed by atoms with Crippen LogP contribution in [0.25, 0.3) is 0 Å². The van der Waals surface area contributed by atoms with Gasteiger partial charge in [-0.1, -0.05) is 12.1 Å². The highest BCUT2D eigenvalue weighted by Gasteiger charge is 2.51. The van der Waals surface area contributed by atoms with Crippen molar-refractivity contribution >= 4 is 24.3 Å². The van der Waals surface area contributed by atoms with E-state index in [0.717, 1.165) is 15.9 Å². The number of benzene rings is 1. The van der Waals surface area contributed by atoms with Gasteiger partial charge in [0.15, 0.2) is 0 Å². The molecule has 3 nitrogen and oxygen atoms in total. The van der Waals surface area contributed by atoms with Crippen LogP contribution in [0.3, 0.4) is 0 Å². The molecule has 0 amide bonds. The third kappa shape index (κ3) is 2.70. The smallest absolute Gasteiger partial charge is 0.399 e. The SMILES string of the molecule is CSc1cc(B2OC(C)(C)C(C)(C)O2)ccc1CO. The van der Waals surface area contributed by atoms with E-state index in [1.54, 1.807) is 11.8 Å². The lowest BCUT2D eigenvalue weighted by atomic mass is 9.79. The molecule has 0 saturated carbocycles. The first kappa shape index (κ1) is 14.9. The average Bonchev–Trinajstić information content (AvgIpc) is 2.57. The van der Waals surface area contributed by atoms with Crippen LogP contribution < -0.4 is 5.46 Å². The van der Waals surface area contributed by atoms with Gasteiger partial charge in [-0.3, -0.25) is 0 Å². The van der Waals surface area contributed by atoms with Crippen molar-refractivity contribution in [1.29, 1.82) is 0 Å². The van der Waals surface area contributed by atoms with Gasteiger partial charge in [0.05, 0.1) is 17.8 Å². The highest BCUT2D eigenvalue weighted by molar-refractivity contribution is 7.98. The number of aliphatic hydroxyl groups excluding tert-OH is 1. The van der Waals surface area contributed by atoms with Crippen LogP contribution in [-0.2, 0) is 15.9 Å². The summed E-state index contributed by atoms with van der Waals surface area (Å²) in [5, 5.41) is 9.30. The molecule has 0 spiro atoms. The fourth-order valence-corrected chi connectivity index (χ4v) is 2.67. The van der Waals surface area contributed by atoms with Gasteiger partial charge in [-0.05, 0) is 51.0 Å². The summed E-state index contributed by atoms with van der Waals surface area (Å²) in [5.41, 5.74) is 1.28. The Kier molecular flexibility index (Phi) is 4.03. The van der Waals surface area contributed by atoms with Crippen molar-refractivity contribution in [1.82, 2.24) is 0 Å². The van der Waals surface area contributed by atoms with Gasteiger partial charge in [0.1, 0.15) is 0 Å². The molecule has 2 rings (SSSR count). The predicted octanol–water partition coefficient (Wildman–Crippen LogP) is 2.20. The lowest BCUT2D eigenvalue weighted by Crippen LogP contribution is -2.41. The summed E-state index contributed by atoms with van der Waals surface area (Å²) in [7, 11) is -0.344. The van der Waals surface area contributed by atoms with Crippen molar-refractivity contribution in [3.8, 4) is 0 Å². The maximum Gasteiger partial charge on any atom is 0.494 e. The monoisotopic (exact) mass is 280 g/mol.